The molecule has 7 aromatic carbocycles. The zero-order valence-corrected chi connectivity index (χ0v) is 26.4. The van der Waals surface area contributed by atoms with Crippen LogP contribution in [0.5, 0.6) is 0 Å². The van der Waals surface area contributed by atoms with E-state index < -0.39 is 18.1 Å². The molecular weight excluding hydrogens is 615 g/mol. The number of nitrogens with zero attached hydrogens (tertiary/aromatic N) is 3. The first-order valence-electron chi connectivity index (χ1n) is 18.7. The van der Waals surface area contributed by atoms with Crippen LogP contribution in [0.1, 0.15) is 6.85 Å². The molecule has 0 aliphatic heterocycles. The zero-order chi connectivity index (χ0) is 37.4. The summed E-state index contributed by atoms with van der Waals surface area (Å²) in [6.45, 7) is 0. The highest BCUT2D eigenvalue weighted by atomic mass is 16.3. The van der Waals surface area contributed by atoms with E-state index >= 15 is 0 Å². The fourth-order valence-corrected chi connectivity index (χ4v) is 6.71. The summed E-state index contributed by atoms with van der Waals surface area (Å²) in [7, 11) is 0. The second-order valence-electron chi connectivity index (χ2n) is 12.0. The van der Waals surface area contributed by atoms with Gasteiger partial charge in [-0.05, 0) is 47.0 Å². The summed E-state index contributed by atoms with van der Waals surface area (Å²) in [5.41, 5.74) is 7.72. The van der Waals surface area contributed by atoms with Gasteiger partial charge in [-0.15, -0.1) is 0 Å². The van der Waals surface area contributed by atoms with Gasteiger partial charge in [-0.3, -0.25) is 0 Å². The number of furan rings is 2. The molecule has 234 valence electrons. The maximum absolute atomic E-state index is 8.54. The minimum absolute atomic E-state index is 0.108. The van der Waals surface area contributed by atoms with Crippen molar-refractivity contribution in [3.8, 4) is 56.4 Å². The Morgan fingerprint density at radius 3 is 1.90 bits per heavy atom. The van der Waals surface area contributed by atoms with Gasteiger partial charge in [-0.25, -0.2) is 15.0 Å². The smallest absolute Gasteiger partial charge is 0.164 e. The van der Waals surface area contributed by atoms with Gasteiger partial charge in [0.25, 0.3) is 0 Å². The molecule has 3 heterocycles. The van der Waals surface area contributed by atoms with Crippen LogP contribution in [0.4, 0.5) is 0 Å². The van der Waals surface area contributed by atoms with Crippen LogP contribution >= 0.6 is 0 Å². The molecular formula is C45H27N3O2. The summed E-state index contributed by atoms with van der Waals surface area (Å²) < 4.78 is 54.4. The zero-order valence-electron chi connectivity index (χ0n) is 31.4. The van der Waals surface area contributed by atoms with Crippen LogP contribution in [0.2, 0.25) is 0 Å². The molecule has 10 aromatic rings. The number of para-hydroxylation sites is 2. The number of benzene rings is 7. The molecule has 0 spiro atoms. The molecule has 10 rings (SSSR count). The second-order valence-corrected chi connectivity index (χ2v) is 12.0. The fourth-order valence-electron chi connectivity index (χ4n) is 6.71. The number of hydrogen-bond donors (Lipinski definition) is 0. The van der Waals surface area contributed by atoms with Gasteiger partial charge in [-0.2, -0.15) is 0 Å². The van der Waals surface area contributed by atoms with Crippen molar-refractivity contribution >= 4 is 43.9 Å². The third kappa shape index (κ3) is 4.67. The number of rotatable bonds is 5. The van der Waals surface area contributed by atoms with E-state index in [0.717, 1.165) is 60.5 Å². The van der Waals surface area contributed by atoms with Crippen molar-refractivity contribution in [2.45, 2.75) is 0 Å². The van der Waals surface area contributed by atoms with Gasteiger partial charge < -0.3 is 8.83 Å². The quantitative estimate of drug-likeness (QED) is 0.186. The largest absolute Gasteiger partial charge is 0.456 e. The molecule has 0 N–H and O–H groups in total. The van der Waals surface area contributed by atoms with E-state index in [1.54, 1.807) is 18.2 Å². The summed E-state index contributed by atoms with van der Waals surface area (Å²) >= 11 is 0. The molecule has 3 aromatic heterocycles. The maximum Gasteiger partial charge on any atom is 0.164 e. The SMILES string of the molecule is [2H]c1c([2H])c([2H])c(-c2cccc(-c3nc(-c4ccccc4)nc(-c4ccc5c(c4)oc4cccc(-c6cccc7c6oc6ccccc67)c45)n3)c2)c([2H])c1[2H]. The van der Waals surface area contributed by atoms with Crippen LogP contribution in [0.3, 0.4) is 0 Å². The first-order chi connectivity index (χ1) is 26.8. The van der Waals surface area contributed by atoms with Crippen LogP contribution in [0, 0.1) is 0 Å². The Labute approximate surface area is 294 Å². The van der Waals surface area contributed by atoms with Gasteiger partial charge in [0.05, 0.1) is 6.85 Å². The van der Waals surface area contributed by atoms with E-state index in [4.69, 9.17) is 30.6 Å². The van der Waals surface area contributed by atoms with E-state index in [1.165, 1.54) is 0 Å². The van der Waals surface area contributed by atoms with Crippen molar-refractivity contribution < 1.29 is 15.7 Å². The average molecular weight is 647 g/mol. The Bertz CT molecular complexity index is 3150. The Balaban J connectivity index is 1.13. The third-order valence-electron chi connectivity index (χ3n) is 9.03. The molecule has 0 bridgehead atoms. The molecule has 0 aliphatic rings. The third-order valence-corrected chi connectivity index (χ3v) is 9.03. The van der Waals surface area contributed by atoms with Crippen molar-refractivity contribution in [2.24, 2.45) is 0 Å². The van der Waals surface area contributed by atoms with E-state index in [2.05, 4.69) is 30.3 Å². The van der Waals surface area contributed by atoms with E-state index in [0.29, 0.717) is 34.2 Å². The Kier molecular flexibility index (Phi) is 5.35. The molecule has 0 amide bonds. The Morgan fingerprint density at radius 1 is 0.400 bits per heavy atom. The summed E-state index contributed by atoms with van der Waals surface area (Å²) in [6.07, 6.45) is 0. The van der Waals surface area contributed by atoms with Gasteiger partial charge in [0.15, 0.2) is 17.5 Å². The lowest BCUT2D eigenvalue weighted by molar-refractivity contribution is 0.669. The first-order valence-corrected chi connectivity index (χ1v) is 16.2. The molecule has 0 atom stereocenters. The van der Waals surface area contributed by atoms with Gasteiger partial charge >= 0.3 is 0 Å². The van der Waals surface area contributed by atoms with Crippen LogP contribution in [0.15, 0.2) is 173 Å². The summed E-state index contributed by atoms with van der Waals surface area (Å²) in [4.78, 5) is 14.7. The predicted octanol–water partition coefficient (Wildman–Crippen LogP) is 12.0. The van der Waals surface area contributed by atoms with Crippen molar-refractivity contribution in [3.05, 3.63) is 164 Å². The summed E-state index contributed by atoms with van der Waals surface area (Å²) in [5, 5.41) is 4.04. The summed E-state index contributed by atoms with van der Waals surface area (Å²) in [5.74, 6) is 1.25. The lowest BCUT2D eigenvalue weighted by Gasteiger charge is -2.10. The van der Waals surface area contributed by atoms with Gasteiger partial charge in [0.1, 0.15) is 22.3 Å². The first kappa shape index (κ1) is 23.5. The van der Waals surface area contributed by atoms with Crippen molar-refractivity contribution in [3.63, 3.8) is 0 Å². The lowest BCUT2D eigenvalue weighted by atomic mass is 9.97. The predicted molar refractivity (Wildman–Crippen MR) is 202 cm³/mol. The molecule has 0 aliphatic carbocycles. The Morgan fingerprint density at radius 2 is 1.04 bits per heavy atom. The highest BCUT2D eigenvalue weighted by Crippen LogP contribution is 2.42. The Hall–Kier alpha value is -6.85. The highest BCUT2D eigenvalue weighted by molar-refractivity contribution is 6.17. The minimum atomic E-state index is -0.439. The molecule has 5 heteroatoms. The minimum Gasteiger partial charge on any atom is -0.456 e. The van der Waals surface area contributed by atoms with Crippen molar-refractivity contribution in [1.82, 2.24) is 15.0 Å². The van der Waals surface area contributed by atoms with Crippen LogP contribution in [0.25, 0.3) is 100 Å². The molecule has 0 saturated heterocycles. The number of fused-ring (bicyclic) bond motifs is 6. The molecule has 5 nitrogen and oxygen atoms in total. The molecule has 50 heavy (non-hydrogen) atoms. The van der Waals surface area contributed by atoms with Gasteiger partial charge in [-0.1, -0.05) is 133 Å². The monoisotopic (exact) mass is 646 g/mol. The maximum atomic E-state index is 8.54. The normalized spacial score (nSPS) is 13.0. The topological polar surface area (TPSA) is 65.0 Å². The number of hydrogen-bond acceptors (Lipinski definition) is 5. The van der Waals surface area contributed by atoms with Gasteiger partial charge in [0.2, 0.25) is 0 Å². The van der Waals surface area contributed by atoms with Crippen LogP contribution < -0.4 is 0 Å². The molecule has 0 saturated carbocycles. The fraction of sp³-hybridized carbons (Fsp3) is 0. The molecule has 0 unspecified atom stereocenters. The summed E-state index contributed by atoms with van der Waals surface area (Å²) in [6, 6.07) is 41.2. The van der Waals surface area contributed by atoms with Crippen LogP contribution in [-0.4, -0.2) is 15.0 Å². The second kappa shape index (κ2) is 11.4. The van der Waals surface area contributed by atoms with Crippen LogP contribution in [-0.2, 0) is 0 Å². The van der Waals surface area contributed by atoms with Gasteiger partial charge in [0, 0.05) is 43.8 Å². The van der Waals surface area contributed by atoms with E-state index in [9.17, 15) is 0 Å². The molecule has 0 radical (unpaired) electrons. The van der Waals surface area contributed by atoms with E-state index in [-0.39, 0.29) is 17.6 Å². The molecule has 0 fully saturated rings. The lowest BCUT2D eigenvalue weighted by Crippen LogP contribution is -2.00. The van der Waals surface area contributed by atoms with Crippen molar-refractivity contribution in [1.29, 1.82) is 0 Å². The highest BCUT2D eigenvalue weighted by Gasteiger charge is 2.19. The standard InChI is InChI=1S/C45H27N3O2/c1-3-12-28(13-4-1)30-16-9-17-31(26-30)44-46-43(29-14-5-2-6-15-29)47-45(48-44)32-24-25-37-40(27-32)49-39-23-11-19-34(41(37)39)36-21-10-20-35-33-18-7-8-22-38(33)50-42(35)36/h1-27H/i1D,3D,4D,12D,13D. The van der Waals surface area contributed by atoms with Crippen molar-refractivity contribution in [2.75, 3.05) is 0 Å². The number of aromatic nitrogens is 3. The average Bonchev–Trinajstić information content (AvgIpc) is 3.81. The van der Waals surface area contributed by atoms with E-state index in [1.807, 2.05) is 84.9 Å².